The molecular formula is C18H17F6N4O6P. The minimum atomic E-state index is -5.41. The highest BCUT2D eigenvalue weighted by Gasteiger charge is 2.42. The minimum Gasteiger partial charge on any atom is -0.366 e. The van der Waals surface area contributed by atoms with Crippen LogP contribution in [0.1, 0.15) is 34.0 Å². The molecule has 1 atom stereocenters. The van der Waals surface area contributed by atoms with E-state index in [0.29, 0.717) is 16.7 Å². The zero-order chi connectivity index (χ0) is 26.3. The summed E-state index contributed by atoms with van der Waals surface area (Å²) < 4.78 is 95.6. The second-order valence-corrected chi connectivity index (χ2v) is 8.75. The Hall–Kier alpha value is -2.94. The van der Waals surface area contributed by atoms with Crippen LogP contribution in [0.2, 0.25) is 0 Å². The molecule has 0 fully saturated rings. The zero-order valence-electron chi connectivity index (χ0n) is 17.4. The Morgan fingerprint density at radius 2 is 1.77 bits per heavy atom. The number of carbonyl (C=O) groups is 2. The van der Waals surface area contributed by atoms with E-state index in [2.05, 4.69) is 9.51 Å². The molecule has 0 aliphatic carbocycles. The van der Waals surface area contributed by atoms with E-state index in [1.165, 1.54) is 0 Å². The maximum absolute atomic E-state index is 13.8. The van der Waals surface area contributed by atoms with Crippen molar-refractivity contribution >= 4 is 19.7 Å². The number of rotatable bonds is 6. The third-order valence-electron chi connectivity index (χ3n) is 5.02. The molecule has 17 heteroatoms. The van der Waals surface area contributed by atoms with Crippen LogP contribution in [-0.2, 0) is 39.6 Å². The number of imidazole rings is 1. The Bertz CT molecular complexity index is 1210. The molecule has 1 amide bonds. The van der Waals surface area contributed by atoms with Crippen molar-refractivity contribution in [2.45, 2.75) is 38.1 Å². The first-order valence-corrected chi connectivity index (χ1v) is 11.2. The van der Waals surface area contributed by atoms with Crippen molar-refractivity contribution < 1.29 is 54.8 Å². The van der Waals surface area contributed by atoms with E-state index in [-0.39, 0.29) is 18.5 Å². The van der Waals surface area contributed by atoms with Crippen LogP contribution >= 0.6 is 7.82 Å². The standard InChI is InChI=1S/C18H17F6N4O6P/c19-10-6-12(21)11(20)4-8(10)3-9(25)5-14(29)27-1-2-28-13(7-27)15(16(30)34-35(31,32)33)26-17(28)18(22,23)24/h4,6,9H,1-3,5,7,25H2,(H2,31,32,33)/t9-/m1/s1. The lowest BCUT2D eigenvalue weighted by Crippen LogP contribution is -2.42. The SMILES string of the molecule is N[C@@H](CC(=O)N1CCn2c(C(F)(F)F)nc(C(=O)OP(=O)(O)O)c2C1)Cc1cc(F)c(F)cc1F. The van der Waals surface area contributed by atoms with Crippen LogP contribution in [0.3, 0.4) is 0 Å². The lowest BCUT2D eigenvalue weighted by Gasteiger charge is -2.30. The van der Waals surface area contributed by atoms with Gasteiger partial charge in [0.1, 0.15) is 5.82 Å². The number of fused-ring (bicyclic) bond motifs is 1. The van der Waals surface area contributed by atoms with Gasteiger partial charge in [-0.1, -0.05) is 0 Å². The number of halogens is 6. The molecule has 1 aliphatic heterocycles. The summed E-state index contributed by atoms with van der Waals surface area (Å²) in [6.45, 7) is -1.36. The first kappa shape index (κ1) is 26.7. The molecule has 0 unspecified atom stereocenters. The Balaban J connectivity index is 1.79. The van der Waals surface area contributed by atoms with E-state index >= 15 is 0 Å². The number of aromatic nitrogens is 2. The Kier molecular flexibility index (Phi) is 7.32. The summed E-state index contributed by atoms with van der Waals surface area (Å²) in [6, 6.07) is -0.174. The fourth-order valence-corrected chi connectivity index (χ4v) is 3.84. The lowest BCUT2D eigenvalue weighted by atomic mass is 10.0. The molecule has 1 aromatic heterocycles. The Labute approximate surface area is 192 Å². The van der Waals surface area contributed by atoms with Gasteiger partial charge in [0.05, 0.1) is 12.2 Å². The predicted octanol–water partition coefficient (Wildman–Crippen LogP) is 1.87. The van der Waals surface area contributed by atoms with Crippen LogP contribution < -0.4 is 5.73 Å². The van der Waals surface area contributed by atoms with E-state index in [1.54, 1.807) is 0 Å². The number of carbonyl (C=O) groups excluding carboxylic acids is 2. The second kappa shape index (κ2) is 9.60. The van der Waals surface area contributed by atoms with E-state index < -0.39 is 86.1 Å². The molecule has 0 saturated carbocycles. The van der Waals surface area contributed by atoms with Gasteiger partial charge in [-0.25, -0.2) is 27.5 Å². The molecule has 1 aliphatic rings. The number of hydrogen-bond acceptors (Lipinski definition) is 6. The van der Waals surface area contributed by atoms with Crippen LogP contribution in [0, 0.1) is 17.5 Å². The Morgan fingerprint density at radius 1 is 1.14 bits per heavy atom. The van der Waals surface area contributed by atoms with Crippen molar-refractivity contribution in [2.75, 3.05) is 6.54 Å². The molecule has 35 heavy (non-hydrogen) atoms. The number of benzene rings is 1. The third-order valence-corrected chi connectivity index (χ3v) is 5.42. The van der Waals surface area contributed by atoms with Gasteiger partial charge in [-0.05, 0) is 18.1 Å². The fraction of sp³-hybridized carbons (Fsp3) is 0.389. The third kappa shape index (κ3) is 6.20. The molecule has 0 spiro atoms. The van der Waals surface area contributed by atoms with Gasteiger partial charge in [0.25, 0.3) is 0 Å². The van der Waals surface area contributed by atoms with Gasteiger partial charge in [-0.2, -0.15) is 13.2 Å². The average molecular weight is 530 g/mol. The number of amides is 1. The fourth-order valence-electron chi connectivity index (χ4n) is 3.54. The molecule has 4 N–H and O–H groups in total. The smallest absolute Gasteiger partial charge is 0.366 e. The first-order valence-electron chi connectivity index (χ1n) is 9.69. The number of hydrogen-bond donors (Lipinski definition) is 3. The molecule has 3 rings (SSSR count). The summed E-state index contributed by atoms with van der Waals surface area (Å²) in [5.41, 5.74) is 4.01. The van der Waals surface area contributed by atoms with Gasteiger partial charge < -0.3 is 19.7 Å². The monoisotopic (exact) mass is 530 g/mol. The van der Waals surface area contributed by atoms with Crippen LogP contribution in [0.15, 0.2) is 12.1 Å². The zero-order valence-corrected chi connectivity index (χ0v) is 18.3. The topological polar surface area (TPSA) is 148 Å². The predicted molar refractivity (Wildman–Crippen MR) is 103 cm³/mol. The molecule has 0 saturated heterocycles. The summed E-state index contributed by atoms with van der Waals surface area (Å²) in [6.07, 6.45) is -5.86. The van der Waals surface area contributed by atoms with Crippen molar-refractivity contribution in [1.29, 1.82) is 0 Å². The highest BCUT2D eigenvalue weighted by molar-refractivity contribution is 7.46. The second-order valence-electron chi connectivity index (χ2n) is 7.59. The molecular weight excluding hydrogens is 513 g/mol. The molecule has 1 aromatic carbocycles. The maximum Gasteiger partial charge on any atom is 0.527 e. The van der Waals surface area contributed by atoms with Crippen molar-refractivity contribution in [2.24, 2.45) is 5.73 Å². The van der Waals surface area contributed by atoms with Gasteiger partial charge >= 0.3 is 20.0 Å². The highest BCUT2D eigenvalue weighted by Crippen LogP contribution is 2.39. The van der Waals surface area contributed by atoms with Gasteiger partial charge in [-0.15, -0.1) is 0 Å². The van der Waals surface area contributed by atoms with E-state index in [1.807, 2.05) is 0 Å². The molecule has 0 radical (unpaired) electrons. The quantitative estimate of drug-likeness (QED) is 0.291. The van der Waals surface area contributed by atoms with Crippen molar-refractivity contribution in [1.82, 2.24) is 14.5 Å². The Morgan fingerprint density at radius 3 is 2.37 bits per heavy atom. The first-order chi connectivity index (χ1) is 16.1. The average Bonchev–Trinajstić information content (AvgIpc) is 3.10. The lowest BCUT2D eigenvalue weighted by molar-refractivity contribution is -0.148. The normalized spacial score (nSPS) is 15.1. The van der Waals surface area contributed by atoms with Gasteiger partial charge in [0.15, 0.2) is 17.3 Å². The highest BCUT2D eigenvalue weighted by atomic mass is 31.2. The number of alkyl halides is 3. The number of nitrogens with two attached hydrogens (primary N) is 1. The van der Waals surface area contributed by atoms with Crippen LogP contribution in [0.25, 0.3) is 0 Å². The minimum absolute atomic E-state index is 0.273. The summed E-state index contributed by atoms with van der Waals surface area (Å²) in [5.74, 6) is -7.89. The van der Waals surface area contributed by atoms with Gasteiger partial charge in [0, 0.05) is 31.6 Å². The molecule has 10 nitrogen and oxygen atoms in total. The van der Waals surface area contributed by atoms with Crippen LogP contribution in [0.4, 0.5) is 26.3 Å². The number of phosphoric ester groups is 1. The number of nitrogens with zero attached hydrogens (tertiary/aromatic N) is 3. The number of phosphoric acid groups is 1. The summed E-state index contributed by atoms with van der Waals surface area (Å²) in [7, 11) is -5.41. The van der Waals surface area contributed by atoms with Crippen LogP contribution in [-0.4, -0.2) is 48.7 Å². The molecule has 192 valence electrons. The van der Waals surface area contributed by atoms with E-state index in [9.17, 15) is 40.5 Å². The van der Waals surface area contributed by atoms with E-state index in [4.69, 9.17) is 15.5 Å². The van der Waals surface area contributed by atoms with Crippen molar-refractivity contribution in [3.63, 3.8) is 0 Å². The molecule has 2 heterocycles. The molecule has 0 bridgehead atoms. The van der Waals surface area contributed by atoms with E-state index in [0.717, 1.165) is 4.90 Å². The van der Waals surface area contributed by atoms with Crippen molar-refractivity contribution in [3.05, 3.63) is 52.4 Å². The van der Waals surface area contributed by atoms with Crippen molar-refractivity contribution in [3.8, 4) is 0 Å². The van der Waals surface area contributed by atoms with Crippen LogP contribution in [0.5, 0.6) is 0 Å². The largest absolute Gasteiger partial charge is 0.527 e. The summed E-state index contributed by atoms with van der Waals surface area (Å²) >= 11 is 0. The van der Waals surface area contributed by atoms with Gasteiger partial charge in [-0.3, -0.25) is 14.6 Å². The molecule has 2 aromatic rings. The summed E-state index contributed by atoms with van der Waals surface area (Å²) in [5, 5.41) is 0. The maximum atomic E-state index is 13.8. The summed E-state index contributed by atoms with van der Waals surface area (Å²) in [4.78, 5) is 46.4. The van der Waals surface area contributed by atoms with Gasteiger partial charge in [0.2, 0.25) is 11.7 Å².